The quantitative estimate of drug-likeness (QED) is 0.360. The normalized spacial score (nSPS) is 11.7. The van der Waals surface area contributed by atoms with Gasteiger partial charge in [0.05, 0.1) is 18.2 Å². The van der Waals surface area contributed by atoms with Crippen molar-refractivity contribution < 1.29 is 9.47 Å². The molecule has 28 heavy (non-hydrogen) atoms. The molecule has 0 radical (unpaired) electrons. The Morgan fingerprint density at radius 2 is 2.00 bits per heavy atom. The average molecular weight is 405 g/mol. The molecule has 2 N–H and O–H groups in total. The van der Waals surface area contributed by atoms with Crippen LogP contribution in [-0.4, -0.2) is 38.3 Å². The number of aryl methyl sites for hydroxylation is 1. The minimum absolute atomic E-state index is 0.532. The topological polar surface area (TPSA) is 67.8 Å². The number of guanidine groups is 1. The van der Waals surface area contributed by atoms with Gasteiger partial charge < -0.3 is 20.1 Å². The Balaban J connectivity index is 1.89. The fourth-order valence-electron chi connectivity index (χ4n) is 2.62. The monoisotopic (exact) mass is 404 g/mol. The van der Waals surface area contributed by atoms with Gasteiger partial charge in [0.15, 0.2) is 5.96 Å². The molecular weight excluding hydrogens is 372 g/mol. The third-order valence-electron chi connectivity index (χ3n) is 4.05. The van der Waals surface area contributed by atoms with E-state index in [1.54, 1.807) is 25.5 Å². The number of hydrogen-bond donors (Lipinski definition) is 2. The summed E-state index contributed by atoms with van der Waals surface area (Å²) < 4.78 is 10.9. The average Bonchev–Trinajstić information content (AvgIpc) is 3.10. The van der Waals surface area contributed by atoms with E-state index in [1.807, 2.05) is 6.20 Å². The molecule has 7 heteroatoms. The maximum Gasteiger partial charge on any atom is 0.191 e. The summed E-state index contributed by atoms with van der Waals surface area (Å²) in [7, 11) is 3.45. The second-order valence-corrected chi connectivity index (χ2v) is 8.25. The summed E-state index contributed by atoms with van der Waals surface area (Å²) >= 11 is 1.76. The highest BCUT2D eigenvalue weighted by Gasteiger charge is 2.08. The second-order valence-electron chi connectivity index (χ2n) is 7.05. The Labute approximate surface area is 172 Å². The molecular formula is C21H32N4O2S. The van der Waals surface area contributed by atoms with Gasteiger partial charge in [0, 0.05) is 43.8 Å². The van der Waals surface area contributed by atoms with Gasteiger partial charge in [-0.1, -0.05) is 26.0 Å². The molecule has 0 bridgehead atoms. The number of ether oxygens (including phenoxy) is 2. The van der Waals surface area contributed by atoms with E-state index in [0.717, 1.165) is 23.7 Å². The van der Waals surface area contributed by atoms with Gasteiger partial charge in [0.2, 0.25) is 0 Å². The molecule has 0 spiro atoms. The molecule has 0 saturated heterocycles. The smallest absolute Gasteiger partial charge is 0.191 e. The first-order chi connectivity index (χ1) is 13.5. The van der Waals surface area contributed by atoms with Gasteiger partial charge in [-0.3, -0.25) is 4.99 Å². The minimum Gasteiger partial charge on any atom is -0.491 e. The number of benzene rings is 1. The standard InChI is InChI=1S/C21H32N4O2S/c1-15(2)10-20-23-13-18(28-20)14-25-21(22-4)24-12-17-7-6-16(3)11-19(17)27-9-8-26-5/h6-7,11,13,15H,8-10,12,14H2,1-5H3,(H2,22,24,25). The fraction of sp³-hybridized carbons (Fsp3) is 0.524. The second kappa shape index (κ2) is 11.7. The van der Waals surface area contributed by atoms with E-state index < -0.39 is 0 Å². The molecule has 0 atom stereocenters. The van der Waals surface area contributed by atoms with Crippen molar-refractivity contribution in [3.05, 3.63) is 45.4 Å². The number of hydrogen-bond acceptors (Lipinski definition) is 5. The van der Waals surface area contributed by atoms with Crippen LogP contribution in [0.4, 0.5) is 0 Å². The summed E-state index contributed by atoms with van der Waals surface area (Å²) in [6.07, 6.45) is 2.97. The molecule has 1 aromatic heterocycles. The number of thiazole rings is 1. The molecule has 1 aromatic carbocycles. The van der Waals surface area contributed by atoms with Crippen LogP contribution in [0.15, 0.2) is 29.4 Å². The lowest BCUT2D eigenvalue weighted by Gasteiger charge is -2.15. The predicted molar refractivity (Wildman–Crippen MR) is 116 cm³/mol. The molecule has 6 nitrogen and oxygen atoms in total. The molecule has 0 aliphatic carbocycles. The zero-order valence-electron chi connectivity index (χ0n) is 17.5. The van der Waals surface area contributed by atoms with Crippen molar-refractivity contribution in [2.24, 2.45) is 10.9 Å². The van der Waals surface area contributed by atoms with Gasteiger partial charge >= 0.3 is 0 Å². The van der Waals surface area contributed by atoms with E-state index >= 15 is 0 Å². The summed E-state index contributed by atoms with van der Waals surface area (Å²) in [5.74, 6) is 2.25. The van der Waals surface area contributed by atoms with Gasteiger partial charge in [-0.15, -0.1) is 11.3 Å². The van der Waals surface area contributed by atoms with Gasteiger partial charge in [-0.05, 0) is 24.5 Å². The zero-order valence-corrected chi connectivity index (χ0v) is 18.4. The van der Waals surface area contributed by atoms with Crippen LogP contribution in [0.25, 0.3) is 0 Å². The summed E-state index contributed by atoms with van der Waals surface area (Å²) in [5.41, 5.74) is 2.25. The minimum atomic E-state index is 0.532. The lowest BCUT2D eigenvalue weighted by atomic mass is 10.1. The number of rotatable bonds is 10. The molecule has 2 rings (SSSR count). The van der Waals surface area contributed by atoms with E-state index in [0.29, 0.717) is 32.2 Å². The van der Waals surface area contributed by atoms with Crippen LogP contribution in [0.3, 0.4) is 0 Å². The van der Waals surface area contributed by atoms with Gasteiger partial charge in [0.25, 0.3) is 0 Å². The molecule has 0 fully saturated rings. The van der Waals surface area contributed by atoms with Gasteiger partial charge in [-0.2, -0.15) is 0 Å². The SMILES string of the molecule is CN=C(NCc1cnc(CC(C)C)s1)NCc1ccc(C)cc1OCCOC. The van der Waals surface area contributed by atoms with Crippen molar-refractivity contribution in [1.29, 1.82) is 0 Å². The molecule has 0 saturated carbocycles. The van der Waals surface area contributed by atoms with Crippen molar-refractivity contribution in [2.75, 3.05) is 27.4 Å². The summed E-state index contributed by atoms with van der Waals surface area (Å²) in [5, 5.41) is 7.90. The fourth-order valence-corrected chi connectivity index (χ4v) is 3.70. The first-order valence-electron chi connectivity index (χ1n) is 9.61. The maximum absolute atomic E-state index is 5.86. The molecule has 2 aromatic rings. The molecule has 0 aliphatic rings. The van der Waals surface area contributed by atoms with Crippen molar-refractivity contribution in [3.63, 3.8) is 0 Å². The number of methoxy groups -OCH3 is 1. The highest BCUT2D eigenvalue weighted by Crippen LogP contribution is 2.20. The van der Waals surface area contributed by atoms with Crippen LogP contribution in [0.1, 0.15) is 34.9 Å². The number of aromatic nitrogens is 1. The Morgan fingerprint density at radius 3 is 2.71 bits per heavy atom. The van der Waals surface area contributed by atoms with Crippen LogP contribution in [0.2, 0.25) is 0 Å². The highest BCUT2D eigenvalue weighted by molar-refractivity contribution is 7.11. The predicted octanol–water partition coefficient (Wildman–Crippen LogP) is 3.54. The lowest BCUT2D eigenvalue weighted by molar-refractivity contribution is 0.145. The molecule has 0 aliphatic heterocycles. The largest absolute Gasteiger partial charge is 0.491 e. The number of nitrogens with zero attached hydrogens (tertiary/aromatic N) is 2. The summed E-state index contributed by atoms with van der Waals surface area (Å²) in [6, 6.07) is 6.22. The highest BCUT2D eigenvalue weighted by atomic mass is 32.1. The van der Waals surface area contributed by atoms with Crippen LogP contribution in [-0.2, 0) is 24.2 Å². The third-order valence-corrected chi connectivity index (χ3v) is 5.07. The number of nitrogens with one attached hydrogen (secondary N) is 2. The van der Waals surface area contributed by atoms with Crippen LogP contribution < -0.4 is 15.4 Å². The Morgan fingerprint density at radius 1 is 1.21 bits per heavy atom. The van der Waals surface area contributed by atoms with E-state index in [2.05, 4.69) is 59.6 Å². The van der Waals surface area contributed by atoms with Crippen LogP contribution in [0, 0.1) is 12.8 Å². The first kappa shape index (κ1) is 22.2. The number of aliphatic imine (C=N–C) groups is 1. The van der Waals surface area contributed by atoms with Crippen molar-refractivity contribution in [3.8, 4) is 5.75 Å². The Bertz CT molecular complexity index is 759. The van der Waals surface area contributed by atoms with E-state index in [9.17, 15) is 0 Å². The van der Waals surface area contributed by atoms with Crippen molar-refractivity contribution in [1.82, 2.24) is 15.6 Å². The zero-order chi connectivity index (χ0) is 20.4. The molecule has 0 unspecified atom stereocenters. The van der Waals surface area contributed by atoms with E-state index in [-0.39, 0.29) is 0 Å². The van der Waals surface area contributed by atoms with Gasteiger partial charge in [0.1, 0.15) is 12.4 Å². The van der Waals surface area contributed by atoms with E-state index in [1.165, 1.54) is 15.4 Å². The Hall–Kier alpha value is -2.12. The van der Waals surface area contributed by atoms with Crippen molar-refractivity contribution >= 4 is 17.3 Å². The first-order valence-corrected chi connectivity index (χ1v) is 10.4. The Kier molecular flexibility index (Phi) is 9.23. The maximum atomic E-state index is 5.86. The third kappa shape index (κ3) is 7.48. The van der Waals surface area contributed by atoms with Crippen LogP contribution >= 0.6 is 11.3 Å². The lowest BCUT2D eigenvalue weighted by Crippen LogP contribution is -2.36. The van der Waals surface area contributed by atoms with Gasteiger partial charge in [-0.25, -0.2) is 4.98 Å². The molecule has 0 amide bonds. The summed E-state index contributed by atoms with van der Waals surface area (Å²) in [4.78, 5) is 10.0. The molecule has 1 heterocycles. The van der Waals surface area contributed by atoms with Crippen LogP contribution in [0.5, 0.6) is 5.75 Å². The van der Waals surface area contributed by atoms with E-state index in [4.69, 9.17) is 9.47 Å². The van der Waals surface area contributed by atoms with Crippen molar-refractivity contribution in [2.45, 2.75) is 40.3 Å². The molecule has 154 valence electrons. The summed E-state index contributed by atoms with van der Waals surface area (Å²) in [6.45, 7) is 8.92.